The van der Waals surface area contributed by atoms with Crippen LogP contribution in [0.4, 0.5) is 0 Å². The second kappa shape index (κ2) is 5.98. The van der Waals surface area contributed by atoms with Crippen molar-refractivity contribution in [1.82, 2.24) is 0 Å². The third-order valence-electron chi connectivity index (χ3n) is 2.76. The lowest BCUT2D eigenvalue weighted by molar-refractivity contribution is -0.432. The van der Waals surface area contributed by atoms with Gasteiger partial charge in [-0.25, -0.2) is 5.26 Å². The Morgan fingerprint density at radius 2 is 2.25 bits per heavy atom. The zero-order valence-electron chi connectivity index (χ0n) is 10.1. The molecule has 20 heavy (non-hydrogen) atoms. The molecule has 0 bridgehead atoms. The van der Waals surface area contributed by atoms with Crippen LogP contribution in [0.2, 0.25) is 0 Å². The van der Waals surface area contributed by atoms with Gasteiger partial charge in [0.05, 0.1) is 28.9 Å². The molecule has 2 aromatic rings. The van der Waals surface area contributed by atoms with Crippen LogP contribution in [-0.2, 0) is 16.0 Å². The van der Waals surface area contributed by atoms with Crippen molar-refractivity contribution >= 4 is 44.9 Å². The van der Waals surface area contributed by atoms with Gasteiger partial charge in [-0.15, -0.1) is 4.33 Å². The third-order valence-corrected chi connectivity index (χ3v) is 6.56. The summed E-state index contributed by atoms with van der Waals surface area (Å²) >= 11 is 6.15. The highest BCUT2D eigenvalue weighted by atomic mass is 32.9. The largest absolute Gasteiger partial charge is 0.495 e. The van der Waals surface area contributed by atoms with Crippen LogP contribution in [-0.4, -0.2) is 12.4 Å². The Morgan fingerprint density at radius 3 is 3.00 bits per heavy atom. The van der Waals surface area contributed by atoms with Crippen molar-refractivity contribution in [3.05, 3.63) is 21.5 Å². The van der Waals surface area contributed by atoms with Crippen molar-refractivity contribution in [1.29, 1.82) is 0 Å². The van der Waals surface area contributed by atoms with Crippen molar-refractivity contribution in [2.75, 3.05) is 7.11 Å². The first kappa shape index (κ1) is 14.3. The summed E-state index contributed by atoms with van der Waals surface area (Å²) in [6.07, 6.45) is 0. The SMILES string of the molecule is COc1cc2c(cc1SOOO)-c1ssc(=S)c1CO2. The van der Waals surface area contributed by atoms with Gasteiger partial charge in [0.2, 0.25) is 0 Å². The smallest absolute Gasteiger partial charge is 0.138 e. The summed E-state index contributed by atoms with van der Waals surface area (Å²) in [6.45, 7) is 0.479. The topological polar surface area (TPSA) is 57.2 Å². The summed E-state index contributed by atoms with van der Waals surface area (Å²) in [7, 11) is 4.74. The highest BCUT2D eigenvalue weighted by Crippen LogP contribution is 2.47. The van der Waals surface area contributed by atoms with E-state index in [0.29, 0.717) is 17.3 Å². The molecule has 0 spiro atoms. The fraction of sp³-hybridized carbons (Fsp3) is 0.182. The van der Waals surface area contributed by atoms with Gasteiger partial charge in [0, 0.05) is 17.2 Å². The average Bonchev–Trinajstić information content (AvgIpc) is 2.86. The third kappa shape index (κ3) is 2.46. The number of benzene rings is 1. The van der Waals surface area contributed by atoms with E-state index in [4.69, 9.17) is 26.9 Å². The van der Waals surface area contributed by atoms with Gasteiger partial charge >= 0.3 is 0 Å². The maximum Gasteiger partial charge on any atom is 0.138 e. The highest BCUT2D eigenvalue weighted by molar-refractivity contribution is 7.94. The summed E-state index contributed by atoms with van der Waals surface area (Å²) in [6, 6.07) is 3.66. The highest BCUT2D eigenvalue weighted by Gasteiger charge is 2.23. The summed E-state index contributed by atoms with van der Waals surface area (Å²) in [5, 5.41) is 11.9. The molecular weight excluding hydrogens is 340 g/mol. The van der Waals surface area contributed by atoms with E-state index in [1.54, 1.807) is 33.9 Å². The van der Waals surface area contributed by atoms with Gasteiger partial charge in [-0.2, -0.15) is 0 Å². The number of hydrogen-bond acceptors (Lipinski definition) is 9. The Morgan fingerprint density at radius 1 is 1.40 bits per heavy atom. The summed E-state index contributed by atoms with van der Waals surface area (Å²) in [5.41, 5.74) is 1.98. The first-order valence-corrected chi connectivity index (χ1v) is 8.66. The lowest BCUT2D eigenvalue weighted by atomic mass is 10.1. The van der Waals surface area contributed by atoms with Crippen LogP contribution in [0.15, 0.2) is 17.0 Å². The van der Waals surface area contributed by atoms with Crippen molar-refractivity contribution in [3.8, 4) is 21.9 Å². The minimum Gasteiger partial charge on any atom is -0.495 e. The van der Waals surface area contributed by atoms with E-state index >= 15 is 0 Å². The van der Waals surface area contributed by atoms with E-state index in [2.05, 4.69) is 9.37 Å². The molecule has 2 heterocycles. The van der Waals surface area contributed by atoms with E-state index in [9.17, 15) is 0 Å². The molecule has 0 radical (unpaired) electrons. The molecule has 0 amide bonds. The number of fused-ring (bicyclic) bond motifs is 3. The molecule has 9 heteroatoms. The fourth-order valence-corrected chi connectivity index (χ4v) is 5.24. The van der Waals surface area contributed by atoms with E-state index in [-0.39, 0.29) is 0 Å². The van der Waals surface area contributed by atoms with Gasteiger partial charge in [-0.3, -0.25) is 0 Å². The van der Waals surface area contributed by atoms with E-state index in [0.717, 1.165) is 37.6 Å². The van der Waals surface area contributed by atoms with Crippen LogP contribution in [0.3, 0.4) is 0 Å². The molecule has 1 aliphatic rings. The molecule has 1 aliphatic heterocycles. The van der Waals surface area contributed by atoms with Gasteiger partial charge in [0.25, 0.3) is 0 Å². The maximum absolute atomic E-state index is 8.27. The fourth-order valence-electron chi connectivity index (χ4n) is 1.87. The van der Waals surface area contributed by atoms with E-state index in [1.807, 2.05) is 6.07 Å². The van der Waals surface area contributed by atoms with Crippen LogP contribution >= 0.6 is 44.9 Å². The molecule has 106 valence electrons. The Hall–Kier alpha value is -0.680. The van der Waals surface area contributed by atoms with Crippen LogP contribution in [0, 0.1) is 3.82 Å². The van der Waals surface area contributed by atoms with Crippen molar-refractivity contribution < 1.29 is 24.1 Å². The summed E-state index contributed by atoms with van der Waals surface area (Å²) in [4.78, 5) is 1.77. The first-order chi connectivity index (χ1) is 9.74. The second-order valence-corrected chi connectivity index (χ2v) is 7.33. The Bertz CT molecular complexity index is 693. The maximum atomic E-state index is 8.27. The number of ether oxygens (including phenoxy) is 2. The average molecular weight is 348 g/mol. The summed E-state index contributed by atoms with van der Waals surface area (Å²) < 4.78 is 16.3. The molecule has 3 rings (SSSR count). The molecule has 0 saturated carbocycles. The molecule has 1 aromatic heterocycles. The molecule has 1 N–H and O–H groups in total. The van der Waals surface area contributed by atoms with Gasteiger partial charge in [-0.1, -0.05) is 37.9 Å². The quantitative estimate of drug-likeness (QED) is 0.286. The van der Waals surface area contributed by atoms with Crippen LogP contribution in [0.1, 0.15) is 5.56 Å². The minimum absolute atomic E-state index is 0.479. The molecule has 0 atom stereocenters. The van der Waals surface area contributed by atoms with Crippen LogP contribution in [0.5, 0.6) is 11.5 Å². The minimum atomic E-state index is 0.479. The number of methoxy groups -OCH3 is 1. The van der Waals surface area contributed by atoms with Crippen molar-refractivity contribution in [2.24, 2.45) is 0 Å². The standard InChI is InChI=1S/C11H8O5S4/c1-13-8-3-7-5(2-9(8)18-16-15-12)10-6(4-14-7)11(17)20-19-10/h2-3,12H,4H2,1H3. The van der Waals surface area contributed by atoms with Gasteiger partial charge in [-0.05, 0) is 6.07 Å². The predicted octanol–water partition coefficient (Wildman–Crippen LogP) is 4.54. The zero-order valence-corrected chi connectivity index (χ0v) is 13.3. The number of rotatable bonds is 4. The Balaban J connectivity index is 2.11. The lowest BCUT2D eigenvalue weighted by Gasteiger charge is -2.19. The monoisotopic (exact) mass is 348 g/mol. The second-order valence-electron chi connectivity index (χ2n) is 3.78. The zero-order chi connectivity index (χ0) is 14.1. The Labute approximate surface area is 131 Å². The molecule has 0 fully saturated rings. The van der Waals surface area contributed by atoms with Gasteiger partial charge in [0.1, 0.15) is 21.9 Å². The normalized spacial score (nSPS) is 12.5. The molecule has 0 saturated heterocycles. The Kier molecular flexibility index (Phi) is 4.26. The van der Waals surface area contributed by atoms with E-state index < -0.39 is 0 Å². The summed E-state index contributed by atoms with van der Waals surface area (Å²) in [5.74, 6) is 1.32. The van der Waals surface area contributed by atoms with E-state index in [1.165, 1.54) is 0 Å². The molecule has 0 aliphatic carbocycles. The van der Waals surface area contributed by atoms with Gasteiger partial charge < -0.3 is 9.47 Å². The van der Waals surface area contributed by atoms with Crippen LogP contribution < -0.4 is 9.47 Å². The van der Waals surface area contributed by atoms with Crippen molar-refractivity contribution in [3.63, 3.8) is 0 Å². The van der Waals surface area contributed by atoms with Gasteiger partial charge in [0.15, 0.2) is 0 Å². The number of hydrogen-bond donors (Lipinski definition) is 1. The first-order valence-electron chi connectivity index (χ1n) is 5.36. The molecule has 0 unspecified atom stereocenters. The van der Waals surface area contributed by atoms with Crippen LogP contribution in [0.25, 0.3) is 10.4 Å². The molecular formula is C11H8O5S4. The lowest BCUT2D eigenvalue weighted by Crippen LogP contribution is -2.04. The van der Waals surface area contributed by atoms with Crippen molar-refractivity contribution in [2.45, 2.75) is 11.5 Å². The molecule has 5 nitrogen and oxygen atoms in total. The molecule has 1 aromatic carbocycles. The predicted molar refractivity (Wildman–Crippen MR) is 80.0 cm³/mol.